The van der Waals surface area contributed by atoms with Crippen LogP contribution in [-0.2, 0) is 9.59 Å². The number of anilines is 2. The summed E-state index contributed by atoms with van der Waals surface area (Å²) < 4.78 is 10.6. The minimum atomic E-state index is -1.01. The topological polar surface area (TPSA) is 76.7 Å². The lowest BCUT2D eigenvalue weighted by molar-refractivity contribution is -0.131. The SMILES string of the molecule is Cc1cc(C)c(NC(=O)C2(C(=O)Nc3ccc4c(c3)OCO4)CC2)c(C)c1. The Bertz CT molecular complexity index is 924. The zero-order valence-corrected chi connectivity index (χ0v) is 15.6. The highest BCUT2D eigenvalue weighted by Gasteiger charge is 2.56. The van der Waals surface area contributed by atoms with Gasteiger partial charge in [-0.15, -0.1) is 0 Å². The molecule has 2 aliphatic rings. The fourth-order valence-corrected chi connectivity index (χ4v) is 3.52. The minimum Gasteiger partial charge on any atom is -0.454 e. The third-order valence-corrected chi connectivity index (χ3v) is 5.17. The van der Waals surface area contributed by atoms with Crippen molar-refractivity contribution in [2.45, 2.75) is 33.6 Å². The maximum atomic E-state index is 12.9. The van der Waals surface area contributed by atoms with Crippen molar-refractivity contribution in [2.24, 2.45) is 5.41 Å². The van der Waals surface area contributed by atoms with Crippen LogP contribution in [0.2, 0.25) is 0 Å². The molecule has 0 saturated heterocycles. The van der Waals surface area contributed by atoms with Gasteiger partial charge < -0.3 is 20.1 Å². The zero-order chi connectivity index (χ0) is 19.2. The van der Waals surface area contributed by atoms with Crippen LogP contribution in [0.4, 0.5) is 11.4 Å². The van der Waals surface area contributed by atoms with E-state index >= 15 is 0 Å². The largest absolute Gasteiger partial charge is 0.454 e. The van der Waals surface area contributed by atoms with Crippen LogP contribution < -0.4 is 20.1 Å². The molecule has 0 aromatic heterocycles. The first kappa shape index (κ1) is 17.4. The number of benzene rings is 2. The highest BCUT2D eigenvalue weighted by molar-refractivity contribution is 6.17. The van der Waals surface area contributed by atoms with Crippen LogP contribution in [0.25, 0.3) is 0 Å². The molecule has 6 nitrogen and oxygen atoms in total. The molecular formula is C21H22N2O4. The number of carbonyl (C=O) groups excluding carboxylic acids is 2. The van der Waals surface area contributed by atoms with E-state index in [1.165, 1.54) is 0 Å². The molecule has 2 aromatic carbocycles. The summed E-state index contributed by atoms with van der Waals surface area (Å²) in [4.78, 5) is 25.7. The van der Waals surface area contributed by atoms with Gasteiger partial charge in [-0.1, -0.05) is 17.7 Å². The van der Waals surface area contributed by atoms with Crippen LogP contribution in [0, 0.1) is 26.2 Å². The number of nitrogens with one attached hydrogen (secondary N) is 2. The minimum absolute atomic E-state index is 0.175. The van der Waals surface area contributed by atoms with E-state index in [2.05, 4.69) is 10.6 Å². The zero-order valence-electron chi connectivity index (χ0n) is 15.6. The molecule has 1 aliphatic heterocycles. The number of hydrogen-bond acceptors (Lipinski definition) is 4. The second-order valence-electron chi connectivity index (χ2n) is 7.33. The number of carbonyl (C=O) groups is 2. The van der Waals surface area contributed by atoms with E-state index in [1.807, 2.05) is 32.9 Å². The van der Waals surface area contributed by atoms with Gasteiger partial charge in [0.05, 0.1) is 0 Å². The van der Waals surface area contributed by atoms with Crippen LogP contribution in [-0.4, -0.2) is 18.6 Å². The lowest BCUT2D eigenvalue weighted by Crippen LogP contribution is -2.36. The van der Waals surface area contributed by atoms with Gasteiger partial charge in [0, 0.05) is 17.4 Å². The summed E-state index contributed by atoms with van der Waals surface area (Å²) in [5.41, 5.74) is 3.49. The van der Waals surface area contributed by atoms with E-state index in [0.717, 1.165) is 22.4 Å². The molecule has 2 aromatic rings. The highest BCUT2D eigenvalue weighted by atomic mass is 16.7. The summed E-state index contributed by atoms with van der Waals surface area (Å²) in [6, 6.07) is 9.25. The molecule has 140 valence electrons. The molecular weight excluding hydrogens is 344 g/mol. The predicted molar refractivity (Wildman–Crippen MR) is 102 cm³/mol. The number of fused-ring (bicyclic) bond motifs is 1. The molecule has 0 unspecified atom stereocenters. The Balaban J connectivity index is 1.50. The maximum Gasteiger partial charge on any atom is 0.240 e. The van der Waals surface area contributed by atoms with E-state index in [-0.39, 0.29) is 18.6 Å². The van der Waals surface area contributed by atoms with Crippen molar-refractivity contribution in [1.29, 1.82) is 0 Å². The van der Waals surface area contributed by atoms with Crippen LogP contribution in [0.5, 0.6) is 11.5 Å². The van der Waals surface area contributed by atoms with Crippen LogP contribution in [0.3, 0.4) is 0 Å². The fraction of sp³-hybridized carbons (Fsp3) is 0.333. The van der Waals surface area contributed by atoms with Gasteiger partial charge in [-0.2, -0.15) is 0 Å². The molecule has 1 aliphatic carbocycles. The second-order valence-corrected chi connectivity index (χ2v) is 7.33. The molecule has 0 radical (unpaired) electrons. The monoisotopic (exact) mass is 366 g/mol. The van der Waals surface area contributed by atoms with Crippen molar-refractivity contribution in [3.63, 3.8) is 0 Å². The summed E-state index contributed by atoms with van der Waals surface area (Å²) in [5, 5.41) is 5.82. The molecule has 0 bridgehead atoms. The lowest BCUT2D eigenvalue weighted by Gasteiger charge is -2.18. The summed E-state index contributed by atoms with van der Waals surface area (Å²) >= 11 is 0. The van der Waals surface area contributed by atoms with Gasteiger partial charge in [0.2, 0.25) is 18.6 Å². The number of aryl methyl sites for hydroxylation is 3. The van der Waals surface area contributed by atoms with E-state index in [0.29, 0.717) is 30.0 Å². The molecule has 0 atom stereocenters. The van der Waals surface area contributed by atoms with Gasteiger partial charge in [0.25, 0.3) is 0 Å². The average molecular weight is 366 g/mol. The average Bonchev–Trinajstić information content (AvgIpc) is 3.30. The first-order valence-corrected chi connectivity index (χ1v) is 8.99. The van der Waals surface area contributed by atoms with Gasteiger partial charge in [0.1, 0.15) is 5.41 Å². The lowest BCUT2D eigenvalue weighted by atomic mass is 10.0. The third kappa shape index (κ3) is 3.12. The van der Waals surface area contributed by atoms with Crippen LogP contribution >= 0.6 is 0 Å². The first-order valence-electron chi connectivity index (χ1n) is 8.99. The smallest absolute Gasteiger partial charge is 0.240 e. The Kier molecular flexibility index (Phi) is 4.06. The van der Waals surface area contributed by atoms with Crippen molar-refractivity contribution >= 4 is 23.2 Å². The number of amides is 2. The highest BCUT2D eigenvalue weighted by Crippen LogP contribution is 2.48. The van der Waals surface area contributed by atoms with E-state index < -0.39 is 5.41 Å². The summed E-state index contributed by atoms with van der Waals surface area (Å²) in [7, 11) is 0. The molecule has 27 heavy (non-hydrogen) atoms. The van der Waals surface area contributed by atoms with Gasteiger partial charge in [-0.25, -0.2) is 0 Å². The van der Waals surface area contributed by atoms with Gasteiger partial charge in [-0.3, -0.25) is 9.59 Å². The molecule has 0 spiro atoms. The maximum absolute atomic E-state index is 12.9. The van der Waals surface area contributed by atoms with Crippen molar-refractivity contribution in [3.05, 3.63) is 47.0 Å². The summed E-state index contributed by atoms with van der Waals surface area (Å²) in [6.45, 7) is 6.12. The standard InChI is InChI=1S/C21H22N2O4/c1-12-8-13(2)18(14(3)9-12)23-20(25)21(6-7-21)19(24)22-15-4-5-16-17(10-15)27-11-26-16/h4-5,8-10H,6-7,11H2,1-3H3,(H,22,24)(H,23,25). The van der Waals surface area contributed by atoms with Crippen molar-refractivity contribution in [3.8, 4) is 11.5 Å². The van der Waals surface area contributed by atoms with Gasteiger partial charge >= 0.3 is 0 Å². The third-order valence-electron chi connectivity index (χ3n) is 5.17. The Morgan fingerprint density at radius 1 is 0.889 bits per heavy atom. The number of hydrogen-bond donors (Lipinski definition) is 2. The molecule has 4 rings (SSSR count). The molecule has 1 heterocycles. The van der Waals surface area contributed by atoms with E-state index in [1.54, 1.807) is 18.2 Å². The molecule has 1 saturated carbocycles. The van der Waals surface area contributed by atoms with Gasteiger partial charge in [-0.05, 0) is 56.9 Å². The molecule has 2 amide bonds. The quantitative estimate of drug-likeness (QED) is 0.809. The van der Waals surface area contributed by atoms with E-state index in [4.69, 9.17) is 9.47 Å². The number of ether oxygens (including phenoxy) is 2. The van der Waals surface area contributed by atoms with Crippen molar-refractivity contribution in [2.75, 3.05) is 17.4 Å². The Labute approximate surface area is 157 Å². The molecule has 6 heteroatoms. The Morgan fingerprint density at radius 3 is 2.19 bits per heavy atom. The number of rotatable bonds is 4. The first-order chi connectivity index (χ1) is 12.9. The summed E-state index contributed by atoms with van der Waals surface area (Å²) in [5.74, 6) is 0.697. The van der Waals surface area contributed by atoms with Crippen molar-refractivity contribution in [1.82, 2.24) is 0 Å². The summed E-state index contributed by atoms with van der Waals surface area (Å²) in [6.07, 6.45) is 1.08. The van der Waals surface area contributed by atoms with Crippen LogP contribution in [0.15, 0.2) is 30.3 Å². The normalized spacial score (nSPS) is 16.0. The Hall–Kier alpha value is -3.02. The Morgan fingerprint density at radius 2 is 1.52 bits per heavy atom. The molecule has 2 N–H and O–H groups in total. The predicted octanol–water partition coefficient (Wildman–Crippen LogP) is 3.70. The molecule has 1 fully saturated rings. The van der Waals surface area contributed by atoms with Gasteiger partial charge in [0.15, 0.2) is 11.5 Å². The second kappa shape index (κ2) is 6.30. The van der Waals surface area contributed by atoms with Crippen LogP contribution in [0.1, 0.15) is 29.5 Å². The van der Waals surface area contributed by atoms with Crippen molar-refractivity contribution < 1.29 is 19.1 Å². The van der Waals surface area contributed by atoms with E-state index in [9.17, 15) is 9.59 Å². The fourth-order valence-electron chi connectivity index (χ4n) is 3.52.